The summed E-state index contributed by atoms with van der Waals surface area (Å²) >= 11 is 6.38. The van der Waals surface area contributed by atoms with Gasteiger partial charge in [-0.05, 0) is 61.7 Å². The summed E-state index contributed by atoms with van der Waals surface area (Å²) in [6.07, 6.45) is -0.0552. The molecule has 0 aliphatic rings. The van der Waals surface area contributed by atoms with Crippen LogP contribution < -0.4 is 10.9 Å². The maximum atomic E-state index is 13.3. The lowest BCUT2D eigenvalue weighted by Gasteiger charge is -2.40. The Morgan fingerprint density at radius 1 is 1.12 bits per heavy atom. The van der Waals surface area contributed by atoms with E-state index in [9.17, 15) is 9.59 Å². The maximum absolute atomic E-state index is 13.3. The van der Waals surface area contributed by atoms with E-state index in [-0.39, 0.29) is 10.9 Å². The van der Waals surface area contributed by atoms with Gasteiger partial charge in [-0.3, -0.25) is 20.4 Å². The molecule has 0 aromatic heterocycles. The molecule has 8 heteroatoms. The molecule has 0 aliphatic heterocycles. The van der Waals surface area contributed by atoms with Crippen molar-refractivity contribution in [2.75, 3.05) is 0 Å². The van der Waals surface area contributed by atoms with Crippen LogP contribution in [0.3, 0.4) is 0 Å². The number of nitrogens with zero attached hydrogens (tertiary/aromatic N) is 1. The summed E-state index contributed by atoms with van der Waals surface area (Å²) < 4.78 is 6.55. The Labute approximate surface area is 209 Å². The quantitative estimate of drug-likeness (QED) is 0.269. The van der Waals surface area contributed by atoms with E-state index in [1.807, 2.05) is 26.0 Å². The van der Waals surface area contributed by atoms with Crippen LogP contribution in [0.2, 0.25) is 23.2 Å². The first-order valence-corrected chi connectivity index (χ1v) is 14.6. The van der Waals surface area contributed by atoms with Crippen molar-refractivity contribution in [3.05, 3.63) is 75.6 Å². The number of carbonyl (C=O) groups is 2. The summed E-state index contributed by atoms with van der Waals surface area (Å²) in [6.45, 7) is 21.7. The molecule has 0 bridgehead atoms. The van der Waals surface area contributed by atoms with Crippen LogP contribution in [0.4, 0.5) is 5.69 Å². The van der Waals surface area contributed by atoms with Gasteiger partial charge in [-0.2, -0.15) is 0 Å². The topological polar surface area (TPSA) is 71.8 Å². The second-order valence-corrected chi connectivity index (χ2v) is 15.1. The first-order chi connectivity index (χ1) is 15.8. The minimum absolute atomic E-state index is 0.0275. The van der Waals surface area contributed by atoms with Crippen molar-refractivity contribution >= 4 is 37.4 Å². The largest absolute Gasteiger partial charge is 0.413 e. The predicted molar refractivity (Wildman–Crippen MR) is 139 cm³/mol. The van der Waals surface area contributed by atoms with E-state index in [0.29, 0.717) is 22.7 Å². The number of benzene rings is 2. The van der Waals surface area contributed by atoms with Crippen LogP contribution in [0.25, 0.3) is 4.85 Å². The zero-order chi connectivity index (χ0) is 25.7. The van der Waals surface area contributed by atoms with E-state index in [0.717, 1.165) is 11.1 Å². The Bertz CT molecular complexity index is 1080. The third-order valence-corrected chi connectivity index (χ3v) is 11.6. The number of rotatable bonds is 7. The highest BCUT2D eigenvalue weighted by atomic mass is 35.5. The van der Waals surface area contributed by atoms with Gasteiger partial charge in [-0.15, -0.1) is 0 Å². The molecular weight excluding hydrogens is 466 g/mol. The molecule has 0 spiro atoms. The highest BCUT2D eigenvalue weighted by Gasteiger charge is 2.41. The number of hydrogen-bond donors (Lipinski definition) is 2. The molecule has 0 saturated heterocycles. The zero-order valence-electron chi connectivity index (χ0n) is 21.0. The highest BCUT2D eigenvalue weighted by molar-refractivity contribution is 6.74. The summed E-state index contributed by atoms with van der Waals surface area (Å²) in [7, 11) is -2.16. The zero-order valence-corrected chi connectivity index (χ0v) is 22.7. The molecule has 2 aromatic carbocycles. The summed E-state index contributed by atoms with van der Waals surface area (Å²) in [5.41, 5.74) is 7.54. The van der Waals surface area contributed by atoms with Crippen LogP contribution in [0.15, 0.2) is 42.5 Å². The fraction of sp³-hybridized carbons (Fsp3) is 0.423. The van der Waals surface area contributed by atoms with E-state index in [1.165, 1.54) is 0 Å². The van der Waals surface area contributed by atoms with Crippen LogP contribution in [0, 0.1) is 19.4 Å². The minimum atomic E-state index is -2.16. The first kappa shape index (κ1) is 27.6. The third-order valence-electron chi connectivity index (χ3n) is 6.56. The number of nitrogens with one attached hydrogen (secondary N) is 2. The van der Waals surface area contributed by atoms with Crippen molar-refractivity contribution in [1.82, 2.24) is 10.9 Å². The highest BCUT2D eigenvalue weighted by Crippen LogP contribution is 2.39. The molecule has 0 heterocycles. The van der Waals surface area contributed by atoms with Gasteiger partial charge in [0.05, 0.1) is 23.6 Å². The fourth-order valence-electron chi connectivity index (χ4n) is 3.32. The van der Waals surface area contributed by atoms with Crippen molar-refractivity contribution in [2.24, 2.45) is 5.92 Å². The van der Waals surface area contributed by atoms with Gasteiger partial charge < -0.3 is 4.43 Å². The first-order valence-electron chi connectivity index (χ1n) is 11.3. The summed E-state index contributed by atoms with van der Waals surface area (Å²) in [4.78, 5) is 29.2. The lowest BCUT2D eigenvalue weighted by molar-refractivity contribution is -0.128. The van der Waals surface area contributed by atoms with E-state index in [1.54, 1.807) is 30.3 Å². The van der Waals surface area contributed by atoms with Crippen LogP contribution in [-0.2, 0) is 15.6 Å². The number of carbonyl (C=O) groups excluding carboxylic acids is 2. The molecule has 0 fully saturated rings. The molecule has 0 aliphatic carbocycles. The molecule has 182 valence electrons. The van der Waals surface area contributed by atoms with Gasteiger partial charge in [0.25, 0.3) is 5.91 Å². The van der Waals surface area contributed by atoms with Gasteiger partial charge in [0.1, 0.15) is 0 Å². The number of halogens is 1. The van der Waals surface area contributed by atoms with Crippen LogP contribution >= 0.6 is 11.6 Å². The maximum Gasteiger partial charge on any atom is 0.269 e. The van der Waals surface area contributed by atoms with Gasteiger partial charge in [-0.25, -0.2) is 4.85 Å². The van der Waals surface area contributed by atoms with Crippen LogP contribution in [0.1, 0.15) is 49.2 Å². The van der Waals surface area contributed by atoms with Crippen LogP contribution in [-0.4, -0.2) is 26.2 Å². The summed E-state index contributed by atoms with van der Waals surface area (Å²) in [5.74, 6) is -1.33. The Kier molecular flexibility index (Phi) is 9.06. The van der Waals surface area contributed by atoms with Crippen molar-refractivity contribution in [2.45, 2.75) is 65.3 Å². The fourth-order valence-corrected chi connectivity index (χ4v) is 5.00. The smallest absolute Gasteiger partial charge is 0.269 e. The lowest BCUT2D eigenvalue weighted by atomic mass is 9.91. The number of hydrogen-bond acceptors (Lipinski definition) is 3. The van der Waals surface area contributed by atoms with Crippen LogP contribution in [0.5, 0.6) is 0 Å². The van der Waals surface area contributed by atoms with Gasteiger partial charge in [0, 0.05) is 5.56 Å². The van der Waals surface area contributed by atoms with E-state index < -0.39 is 26.2 Å². The molecule has 0 unspecified atom stereocenters. The molecule has 34 heavy (non-hydrogen) atoms. The van der Waals surface area contributed by atoms with Gasteiger partial charge >= 0.3 is 0 Å². The SMILES string of the molecule is [C-]#[N+]c1ccc(C[C@@H](C(=O)NNC(=O)c2ccccc2)[C@@H](C)O[Si](C)(C)C(C)(C)C)c(C)c1Cl. The molecule has 0 radical (unpaired) electrons. The third kappa shape index (κ3) is 6.69. The van der Waals surface area contributed by atoms with E-state index >= 15 is 0 Å². The second-order valence-electron chi connectivity index (χ2n) is 10.00. The molecule has 2 rings (SSSR count). The summed E-state index contributed by atoms with van der Waals surface area (Å²) in [5, 5.41) is 0.363. The van der Waals surface area contributed by atoms with Crippen molar-refractivity contribution in [3.8, 4) is 0 Å². The molecule has 0 saturated carbocycles. The van der Waals surface area contributed by atoms with Crippen molar-refractivity contribution in [1.29, 1.82) is 0 Å². The average molecular weight is 500 g/mol. The normalized spacial score (nSPS) is 13.5. The number of amides is 2. The van der Waals surface area contributed by atoms with E-state index in [2.05, 4.69) is 49.6 Å². The van der Waals surface area contributed by atoms with Gasteiger partial charge in [-0.1, -0.05) is 62.7 Å². The Balaban J connectivity index is 2.29. The minimum Gasteiger partial charge on any atom is -0.413 e. The average Bonchev–Trinajstić information content (AvgIpc) is 2.77. The Morgan fingerprint density at radius 2 is 1.74 bits per heavy atom. The summed E-state index contributed by atoms with van der Waals surface area (Å²) in [6, 6.07) is 12.2. The predicted octanol–water partition coefficient (Wildman–Crippen LogP) is 6.23. The monoisotopic (exact) mass is 499 g/mol. The van der Waals surface area contributed by atoms with Crippen molar-refractivity contribution in [3.63, 3.8) is 0 Å². The second kappa shape index (κ2) is 11.2. The molecule has 6 nitrogen and oxygen atoms in total. The lowest BCUT2D eigenvalue weighted by Crippen LogP contribution is -2.51. The standard InChI is InChI=1S/C26H34ClN3O3Si/c1-17-20(14-15-22(28-6)23(17)27)16-21(18(2)33-34(7,8)26(3,4)5)25(32)30-29-24(31)19-12-10-9-11-13-19/h9-15,18,21H,16H2,1-5,7-8H3,(H,29,31)(H,30,32)/t18-,21-/m1/s1. The Hall–Kier alpha value is -2.66. The molecule has 2 N–H and O–H groups in total. The molecule has 2 aromatic rings. The number of hydrazine groups is 1. The van der Waals surface area contributed by atoms with Gasteiger partial charge in [0.2, 0.25) is 11.6 Å². The van der Waals surface area contributed by atoms with Crippen molar-refractivity contribution < 1.29 is 14.0 Å². The molecule has 2 amide bonds. The molecule has 2 atom stereocenters. The van der Waals surface area contributed by atoms with E-state index in [4.69, 9.17) is 22.6 Å². The van der Waals surface area contributed by atoms with Gasteiger partial charge in [0.15, 0.2) is 8.32 Å². The molecular formula is C26H34ClN3O3Si. The Morgan fingerprint density at radius 3 is 2.29 bits per heavy atom.